The largest absolute Gasteiger partial charge is 0.461 e. The average molecular weight is 589 g/mol. The first kappa shape index (κ1) is 27.5. The van der Waals surface area contributed by atoms with Crippen LogP contribution in [0.1, 0.15) is 92.2 Å². The topological polar surface area (TPSA) is 110 Å². The normalized spacial score (nSPS) is 34.9. The zero-order chi connectivity index (χ0) is 29.4. The van der Waals surface area contributed by atoms with Gasteiger partial charge in [-0.1, -0.05) is 13.0 Å². The maximum absolute atomic E-state index is 14.5. The van der Waals surface area contributed by atoms with Crippen molar-refractivity contribution in [1.82, 2.24) is 14.9 Å². The van der Waals surface area contributed by atoms with Crippen LogP contribution in [0.25, 0.3) is 0 Å². The van der Waals surface area contributed by atoms with Crippen LogP contribution in [0.15, 0.2) is 12.1 Å². The van der Waals surface area contributed by atoms with E-state index in [4.69, 9.17) is 29.9 Å². The third kappa shape index (κ3) is 4.18. The number of nitrogen functional groups attached to an aromatic ring is 1. The van der Waals surface area contributed by atoms with Crippen LogP contribution in [0.4, 0.5) is 15.9 Å². The van der Waals surface area contributed by atoms with Crippen LogP contribution in [0.5, 0.6) is 6.01 Å². The summed E-state index contributed by atoms with van der Waals surface area (Å²) in [6.07, 6.45) is 7.10. The summed E-state index contributed by atoms with van der Waals surface area (Å²) >= 11 is 0. The first-order valence-corrected chi connectivity index (χ1v) is 16.1. The highest BCUT2D eigenvalue weighted by Gasteiger charge is 2.52. The number of benzene rings is 1. The molecule has 1 aliphatic carbocycles. The van der Waals surface area contributed by atoms with Crippen molar-refractivity contribution in [3.05, 3.63) is 40.1 Å². The van der Waals surface area contributed by atoms with Crippen molar-refractivity contribution >= 4 is 11.5 Å². The summed E-state index contributed by atoms with van der Waals surface area (Å²) in [5.74, 6) is 1.18. The molecule has 2 N–H and O–H groups in total. The molecule has 0 radical (unpaired) electrons. The lowest BCUT2D eigenvalue weighted by Gasteiger charge is -2.56. The molecule has 0 bridgehead atoms. The molecule has 6 aliphatic rings. The van der Waals surface area contributed by atoms with Crippen molar-refractivity contribution in [2.75, 3.05) is 50.1 Å². The lowest BCUT2D eigenvalue weighted by Crippen LogP contribution is -2.65. The Bertz CT molecular complexity index is 1490. The molecule has 5 atom stereocenters. The summed E-state index contributed by atoms with van der Waals surface area (Å²) in [5.41, 5.74) is 10.3. The standard InChI is InChI=1S/C33H41FN6O3/c1-21-6-9-33(28-23(21)4-5-26(36)24(28)16-35)15-27-25(18-43-33)29(40-12-10-31(40)8-3-13-41-19-31)38-30(37-27)42-20-32-7-2-11-39(32)17-22(34)14-32/h4-5,21-22H,2-3,6-15,17-20,36H2,1H3/t21-,22+,31?,32-,33-/m0/s1. The zero-order valence-electron chi connectivity index (χ0n) is 25.0. The molecule has 9 nitrogen and oxygen atoms in total. The van der Waals surface area contributed by atoms with Gasteiger partial charge in [-0.05, 0) is 69.0 Å². The first-order valence-electron chi connectivity index (χ1n) is 16.1. The molecule has 2 aromatic rings. The molecular formula is C33H41FN6O3. The van der Waals surface area contributed by atoms with E-state index in [2.05, 4.69) is 28.9 Å². The number of hydrogen-bond donors (Lipinski definition) is 1. The number of halogens is 1. The number of fused-ring (bicyclic) bond motifs is 4. The van der Waals surface area contributed by atoms with E-state index >= 15 is 0 Å². The number of rotatable bonds is 4. The van der Waals surface area contributed by atoms with E-state index in [-0.39, 0.29) is 11.1 Å². The van der Waals surface area contributed by atoms with E-state index in [0.29, 0.717) is 62.4 Å². The summed E-state index contributed by atoms with van der Waals surface area (Å²) in [7, 11) is 0. The smallest absolute Gasteiger partial charge is 0.318 e. The zero-order valence-corrected chi connectivity index (χ0v) is 25.0. The van der Waals surface area contributed by atoms with E-state index in [0.717, 1.165) is 92.8 Å². The number of anilines is 2. The third-order valence-electron chi connectivity index (χ3n) is 11.5. The van der Waals surface area contributed by atoms with Gasteiger partial charge in [0, 0.05) is 49.4 Å². The number of nitriles is 1. The summed E-state index contributed by atoms with van der Waals surface area (Å²) in [5, 5.41) is 10.2. The summed E-state index contributed by atoms with van der Waals surface area (Å²) in [4.78, 5) is 14.8. The Balaban J connectivity index is 1.19. The van der Waals surface area contributed by atoms with E-state index in [9.17, 15) is 9.65 Å². The molecule has 1 aromatic carbocycles. The molecule has 4 fully saturated rings. The van der Waals surface area contributed by atoms with Crippen LogP contribution >= 0.6 is 0 Å². The number of hydrogen-bond acceptors (Lipinski definition) is 9. The second-order valence-corrected chi connectivity index (χ2v) is 13.9. The van der Waals surface area contributed by atoms with E-state index in [1.807, 2.05) is 6.07 Å². The number of alkyl halides is 1. The van der Waals surface area contributed by atoms with Crippen LogP contribution in [0.2, 0.25) is 0 Å². The molecule has 6 heterocycles. The lowest BCUT2D eigenvalue weighted by atomic mass is 9.69. The molecule has 2 spiro atoms. The van der Waals surface area contributed by atoms with Gasteiger partial charge in [-0.2, -0.15) is 15.2 Å². The second kappa shape index (κ2) is 10.0. The summed E-state index contributed by atoms with van der Waals surface area (Å²) < 4.78 is 33.8. The van der Waals surface area contributed by atoms with Crippen LogP contribution in [0, 0.1) is 11.3 Å². The fourth-order valence-corrected chi connectivity index (χ4v) is 9.08. The molecule has 228 valence electrons. The second-order valence-electron chi connectivity index (χ2n) is 13.9. The Morgan fingerprint density at radius 3 is 2.88 bits per heavy atom. The third-order valence-corrected chi connectivity index (χ3v) is 11.5. The molecule has 5 aliphatic heterocycles. The quantitative estimate of drug-likeness (QED) is 0.516. The molecule has 1 aromatic heterocycles. The van der Waals surface area contributed by atoms with Gasteiger partial charge in [0.2, 0.25) is 0 Å². The maximum atomic E-state index is 14.5. The van der Waals surface area contributed by atoms with Crippen molar-refractivity contribution < 1.29 is 18.6 Å². The summed E-state index contributed by atoms with van der Waals surface area (Å²) in [6.45, 7) is 6.74. The van der Waals surface area contributed by atoms with Crippen molar-refractivity contribution in [2.45, 2.75) is 100 Å². The number of nitrogens with two attached hydrogens (primary N) is 1. The molecule has 4 saturated heterocycles. The van der Waals surface area contributed by atoms with Gasteiger partial charge in [0.05, 0.1) is 35.5 Å². The summed E-state index contributed by atoms with van der Waals surface area (Å²) in [6, 6.07) is 6.66. The van der Waals surface area contributed by atoms with Gasteiger partial charge in [-0.25, -0.2) is 4.39 Å². The minimum Gasteiger partial charge on any atom is -0.461 e. The van der Waals surface area contributed by atoms with Gasteiger partial charge < -0.3 is 24.8 Å². The van der Waals surface area contributed by atoms with Gasteiger partial charge in [0.1, 0.15) is 30.3 Å². The van der Waals surface area contributed by atoms with Gasteiger partial charge in [0.15, 0.2) is 0 Å². The van der Waals surface area contributed by atoms with E-state index < -0.39 is 11.8 Å². The first-order chi connectivity index (χ1) is 20.9. The van der Waals surface area contributed by atoms with Crippen LogP contribution < -0.4 is 15.4 Å². The monoisotopic (exact) mass is 588 g/mol. The van der Waals surface area contributed by atoms with Gasteiger partial charge in [-0.3, -0.25) is 4.90 Å². The van der Waals surface area contributed by atoms with Gasteiger partial charge >= 0.3 is 6.01 Å². The minimum atomic E-state index is -0.816. The SMILES string of the molecule is C[C@H]1CC[C@]2(Cc3nc(OC[C@@]45CCCN4C[C@H](F)C5)nc(N4CCC45CCCOC5)c3CO2)c2c1ccc(N)c2C#N. The number of ether oxygens (including phenoxy) is 3. The average Bonchev–Trinajstić information content (AvgIpc) is 3.53. The predicted molar refractivity (Wildman–Crippen MR) is 159 cm³/mol. The Morgan fingerprint density at radius 2 is 2.09 bits per heavy atom. The fourth-order valence-electron chi connectivity index (χ4n) is 9.08. The van der Waals surface area contributed by atoms with Crippen molar-refractivity contribution in [3.63, 3.8) is 0 Å². The highest BCUT2D eigenvalue weighted by atomic mass is 19.1. The molecule has 8 rings (SSSR count). The fraction of sp³-hybridized carbons (Fsp3) is 0.667. The Morgan fingerprint density at radius 1 is 1.19 bits per heavy atom. The maximum Gasteiger partial charge on any atom is 0.318 e. The van der Waals surface area contributed by atoms with Gasteiger partial charge in [-0.15, -0.1) is 0 Å². The molecular weight excluding hydrogens is 547 g/mol. The van der Waals surface area contributed by atoms with Crippen molar-refractivity contribution in [3.8, 4) is 12.1 Å². The lowest BCUT2D eigenvalue weighted by molar-refractivity contribution is -0.0876. The molecule has 0 amide bonds. The van der Waals surface area contributed by atoms with E-state index in [1.165, 1.54) is 0 Å². The molecule has 0 saturated carbocycles. The Hall–Kier alpha value is -3.00. The van der Waals surface area contributed by atoms with Crippen molar-refractivity contribution in [1.29, 1.82) is 5.26 Å². The number of aromatic nitrogens is 2. The Kier molecular flexibility index (Phi) is 6.41. The highest BCUT2D eigenvalue weighted by molar-refractivity contribution is 5.64. The minimum absolute atomic E-state index is 0.0596. The Labute approximate surface area is 252 Å². The number of nitrogens with zero attached hydrogens (tertiary/aromatic N) is 5. The van der Waals surface area contributed by atoms with Crippen LogP contribution in [-0.4, -0.2) is 71.6 Å². The van der Waals surface area contributed by atoms with Crippen LogP contribution in [-0.2, 0) is 28.1 Å². The van der Waals surface area contributed by atoms with Crippen molar-refractivity contribution in [2.24, 2.45) is 0 Å². The molecule has 43 heavy (non-hydrogen) atoms. The van der Waals surface area contributed by atoms with Gasteiger partial charge in [0.25, 0.3) is 0 Å². The van der Waals surface area contributed by atoms with Crippen LogP contribution in [0.3, 0.4) is 0 Å². The molecule has 1 unspecified atom stereocenters. The predicted octanol–water partition coefficient (Wildman–Crippen LogP) is 4.51. The van der Waals surface area contributed by atoms with E-state index in [1.54, 1.807) is 0 Å². The highest BCUT2D eigenvalue weighted by Crippen LogP contribution is 2.52. The molecule has 10 heteroatoms.